The zero-order valence-electron chi connectivity index (χ0n) is 8.61. The van der Waals surface area contributed by atoms with Crippen LogP contribution in [0.15, 0.2) is 23.1 Å². The monoisotopic (exact) mass is 213 g/mol. The maximum atomic E-state index is 11.8. The van der Waals surface area contributed by atoms with Crippen LogP contribution in [0, 0.1) is 6.92 Å². The Morgan fingerprint density at radius 2 is 1.86 bits per heavy atom. The summed E-state index contributed by atoms with van der Waals surface area (Å²) >= 11 is 0. The highest BCUT2D eigenvalue weighted by Gasteiger charge is 2.20. The van der Waals surface area contributed by atoms with Gasteiger partial charge in [0.1, 0.15) is 0 Å². The molecule has 3 nitrogen and oxygen atoms in total. The Balaban J connectivity index is 3.35. The number of sulfone groups is 1. The highest BCUT2D eigenvalue weighted by molar-refractivity contribution is 7.92. The SMILES string of the molecule is Cc1cc(N)ccc1S(=O)(=O)C(C)C. The topological polar surface area (TPSA) is 60.2 Å². The Bertz CT molecular complexity index is 435. The van der Waals surface area contributed by atoms with Crippen LogP contribution in [0.2, 0.25) is 0 Å². The number of anilines is 1. The summed E-state index contributed by atoms with van der Waals surface area (Å²) in [6.45, 7) is 5.10. The number of rotatable bonds is 2. The Hall–Kier alpha value is -1.03. The van der Waals surface area contributed by atoms with Crippen molar-refractivity contribution in [1.29, 1.82) is 0 Å². The number of nitrogens with two attached hydrogens (primary N) is 1. The van der Waals surface area contributed by atoms with E-state index in [1.807, 2.05) is 0 Å². The van der Waals surface area contributed by atoms with Crippen LogP contribution in [-0.4, -0.2) is 13.7 Å². The lowest BCUT2D eigenvalue weighted by molar-refractivity contribution is 0.587. The van der Waals surface area contributed by atoms with E-state index in [4.69, 9.17) is 5.73 Å². The second kappa shape index (κ2) is 3.61. The van der Waals surface area contributed by atoms with Crippen molar-refractivity contribution in [3.63, 3.8) is 0 Å². The van der Waals surface area contributed by atoms with Gasteiger partial charge in [-0.25, -0.2) is 8.42 Å². The highest BCUT2D eigenvalue weighted by Crippen LogP contribution is 2.21. The van der Waals surface area contributed by atoms with Gasteiger partial charge in [-0.15, -0.1) is 0 Å². The van der Waals surface area contributed by atoms with E-state index in [2.05, 4.69) is 0 Å². The average molecular weight is 213 g/mol. The molecule has 0 aliphatic heterocycles. The third-order valence-electron chi connectivity index (χ3n) is 2.13. The van der Waals surface area contributed by atoms with Gasteiger partial charge in [0.2, 0.25) is 0 Å². The van der Waals surface area contributed by atoms with Gasteiger partial charge in [0, 0.05) is 5.69 Å². The fourth-order valence-electron chi connectivity index (χ4n) is 1.25. The first-order valence-corrected chi connectivity index (χ1v) is 6.00. The molecule has 0 saturated carbocycles. The fourth-order valence-corrected chi connectivity index (χ4v) is 2.52. The van der Waals surface area contributed by atoms with Crippen molar-refractivity contribution in [2.75, 3.05) is 5.73 Å². The molecular weight excluding hydrogens is 198 g/mol. The van der Waals surface area contributed by atoms with Crippen molar-refractivity contribution in [2.24, 2.45) is 0 Å². The number of aryl methyl sites for hydroxylation is 1. The van der Waals surface area contributed by atoms with Gasteiger partial charge in [0.05, 0.1) is 10.1 Å². The van der Waals surface area contributed by atoms with E-state index in [0.29, 0.717) is 16.1 Å². The minimum absolute atomic E-state index is 0.377. The molecule has 0 bridgehead atoms. The van der Waals surface area contributed by atoms with Crippen LogP contribution in [0.3, 0.4) is 0 Å². The molecule has 0 radical (unpaired) electrons. The maximum absolute atomic E-state index is 11.8. The molecule has 0 heterocycles. The molecule has 1 rings (SSSR count). The van der Waals surface area contributed by atoms with E-state index < -0.39 is 15.1 Å². The van der Waals surface area contributed by atoms with Gasteiger partial charge in [-0.2, -0.15) is 0 Å². The van der Waals surface area contributed by atoms with Gasteiger partial charge >= 0.3 is 0 Å². The van der Waals surface area contributed by atoms with Gasteiger partial charge in [-0.05, 0) is 44.5 Å². The molecule has 0 atom stereocenters. The van der Waals surface area contributed by atoms with Crippen molar-refractivity contribution in [2.45, 2.75) is 30.9 Å². The summed E-state index contributed by atoms with van der Waals surface area (Å²) in [4.78, 5) is 0.377. The second-order valence-corrected chi connectivity index (χ2v) is 6.09. The summed E-state index contributed by atoms with van der Waals surface area (Å²) in [5.41, 5.74) is 6.85. The number of nitrogen functional groups attached to an aromatic ring is 1. The zero-order chi connectivity index (χ0) is 10.9. The van der Waals surface area contributed by atoms with Crippen molar-refractivity contribution in [3.8, 4) is 0 Å². The quantitative estimate of drug-likeness (QED) is 0.761. The van der Waals surface area contributed by atoms with E-state index in [0.717, 1.165) is 0 Å². The lowest BCUT2D eigenvalue weighted by atomic mass is 10.2. The highest BCUT2D eigenvalue weighted by atomic mass is 32.2. The molecule has 1 aromatic rings. The van der Waals surface area contributed by atoms with Crippen molar-refractivity contribution < 1.29 is 8.42 Å². The molecule has 4 heteroatoms. The predicted octanol–water partition coefficient (Wildman–Crippen LogP) is 1.76. The smallest absolute Gasteiger partial charge is 0.180 e. The molecular formula is C10H15NO2S. The Morgan fingerprint density at radius 3 is 2.29 bits per heavy atom. The van der Waals surface area contributed by atoms with Crippen molar-refractivity contribution in [1.82, 2.24) is 0 Å². The molecule has 0 aliphatic rings. The summed E-state index contributed by atoms with van der Waals surface area (Å²) in [7, 11) is -3.18. The van der Waals surface area contributed by atoms with Crippen LogP contribution < -0.4 is 5.73 Å². The Morgan fingerprint density at radius 1 is 1.29 bits per heavy atom. The molecule has 78 valence electrons. The summed E-state index contributed by atoms with van der Waals surface area (Å²) in [5.74, 6) is 0. The van der Waals surface area contributed by atoms with Crippen LogP contribution in [-0.2, 0) is 9.84 Å². The van der Waals surface area contributed by atoms with E-state index in [-0.39, 0.29) is 0 Å². The van der Waals surface area contributed by atoms with Crippen molar-refractivity contribution >= 4 is 15.5 Å². The Kier molecular flexibility index (Phi) is 2.85. The summed E-state index contributed by atoms with van der Waals surface area (Å²) in [6, 6.07) is 4.86. The third kappa shape index (κ3) is 1.90. The summed E-state index contributed by atoms with van der Waals surface area (Å²) in [6.07, 6.45) is 0. The minimum Gasteiger partial charge on any atom is -0.399 e. The molecule has 0 fully saturated rings. The van der Waals surface area contributed by atoms with Gasteiger partial charge in [-0.3, -0.25) is 0 Å². The van der Waals surface area contributed by atoms with E-state index in [1.165, 1.54) is 0 Å². The molecule has 1 aromatic carbocycles. The maximum Gasteiger partial charge on any atom is 0.180 e. The van der Waals surface area contributed by atoms with E-state index in [1.54, 1.807) is 39.0 Å². The second-order valence-electron chi connectivity index (χ2n) is 3.62. The third-order valence-corrected chi connectivity index (χ3v) is 4.44. The zero-order valence-corrected chi connectivity index (χ0v) is 9.43. The molecule has 0 spiro atoms. The van der Waals surface area contributed by atoms with Crippen LogP contribution in [0.25, 0.3) is 0 Å². The first kappa shape index (κ1) is 11.0. The van der Waals surface area contributed by atoms with Crippen LogP contribution in [0.4, 0.5) is 5.69 Å². The van der Waals surface area contributed by atoms with Gasteiger partial charge in [0.15, 0.2) is 9.84 Å². The standard InChI is InChI=1S/C10H15NO2S/c1-7(2)14(12,13)10-5-4-9(11)6-8(10)3/h4-7H,11H2,1-3H3. The molecule has 2 N–H and O–H groups in total. The van der Waals surface area contributed by atoms with E-state index >= 15 is 0 Å². The fraction of sp³-hybridized carbons (Fsp3) is 0.400. The van der Waals surface area contributed by atoms with Crippen LogP contribution in [0.5, 0.6) is 0 Å². The number of benzene rings is 1. The van der Waals surface area contributed by atoms with Gasteiger partial charge in [0.25, 0.3) is 0 Å². The first-order chi connectivity index (χ1) is 6.35. The van der Waals surface area contributed by atoms with Crippen LogP contribution in [0.1, 0.15) is 19.4 Å². The van der Waals surface area contributed by atoms with E-state index in [9.17, 15) is 8.42 Å². The lowest BCUT2D eigenvalue weighted by Gasteiger charge is -2.10. The van der Waals surface area contributed by atoms with Gasteiger partial charge < -0.3 is 5.73 Å². The van der Waals surface area contributed by atoms with Crippen LogP contribution >= 0.6 is 0 Å². The molecule has 0 aromatic heterocycles. The molecule has 14 heavy (non-hydrogen) atoms. The summed E-state index contributed by atoms with van der Waals surface area (Å²) < 4.78 is 23.6. The largest absolute Gasteiger partial charge is 0.399 e. The van der Waals surface area contributed by atoms with Crippen molar-refractivity contribution in [3.05, 3.63) is 23.8 Å². The normalized spacial score (nSPS) is 12.0. The summed E-state index contributed by atoms with van der Waals surface area (Å²) in [5, 5.41) is -0.398. The minimum atomic E-state index is -3.18. The molecule has 0 aliphatic carbocycles. The molecule has 0 saturated heterocycles. The number of hydrogen-bond donors (Lipinski definition) is 1. The first-order valence-electron chi connectivity index (χ1n) is 4.45. The molecule has 0 unspecified atom stereocenters. The lowest BCUT2D eigenvalue weighted by Crippen LogP contribution is -2.15. The predicted molar refractivity (Wildman–Crippen MR) is 57.9 cm³/mol. The number of hydrogen-bond acceptors (Lipinski definition) is 3. The Labute approximate surface area is 84.9 Å². The van der Waals surface area contributed by atoms with Gasteiger partial charge in [-0.1, -0.05) is 0 Å². The average Bonchev–Trinajstić information content (AvgIpc) is 2.02. The molecule has 0 amide bonds.